The van der Waals surface area contributed by atoms with E-state index in [9.17, 15) is 19.2 Å². The van der Waals surface area contributed by atoms with Crippen molar-refractivity contribution in [1.29, 1.82) is 0 Å². The van der Waals surface area contributed by atoms with Gasteiger partial charge in [-0.2, -0.15) is 0 Å². The molecule has 8 heteroatoms. The Morgan fingerprint density at radius 3 is 2.68 bits per heavy atom. The Morgan fingerprint density at radius 1 is 1.21 bits per heavy atom. The van der Waals surface area contributed by atoms with Crippen molar-refractivity contribution in [2.75, 3.05) is 26.8 Å². The number of nitrogens with one attached hydrogen (secondary N) is 1. The number of rotatable bonds is 8. The fourth-order valence-electron chi connectivity index (χ4n) is 2.98. The number of esters is 2. The molecule has 1 atom stereocenters. The van der Waals surface area contributed by atoms with Crippen LogP contribution in [0, 0.1) is 0 Å². The van der Waals surface area contributed by atoms with Crippen molar-refractivity contribution in [3.8, 4) is 0 Å². The molecule has 0 aliphatic carbocycles. The zero-order valence-corrected chi connectivity index (χ0v) is 16.2. The number of hydrogen-bond acceptors (Lipinski definition) is 6. The lowest BCUT2D eigenvalue weighted by Gasteiger charge is -2.34. The Labute approximate surface area is 164 Å². The van der Waals surface area contributed by atoms with Gasteiger partial charge < -0.3 is 19.7 Å². The van der Waals surface area contributed by atoms with Crippen LogP contribution in [0.4, 0.5) is 0 Å². The SMILES string of the molecule is CCCCCOC(=O)CC1C(=O)NCCN1C(=O)c1cccc(C(=O)OC)c1. The van der Waals surface area contributed by atoms with E-state index < -0.39 is 29.8 Å². The van der Waals surface area contributed by atoms with Crippen LogP contribution < -0.4 is 5.32 Å². The van der Waals surface area contributed by atoms with E-state index in [0.29, 0.717) is 13.2 Å². The summed E-state index contributed by atoms with van der Waals surface area (Å²) in [5.41, 5.74) is 0.487. The van der Waals surface area contributed by atoms with Gasteiger partial charge in [-0.3, -0.25) is 14.4 Å². The van der Waals surface area contributed by atoms with Gasteiger partial charge in [-0.1, -0.05) is 25.8 Å². The summed E-state index contributed by atoms with van der Waals surface area (Å²) in [4.78, 5) is 50.4. The van der Waals surface area contributed by atoms with Crippen LogP contribution in [0.1, 0.15) is 53.3 Å². The average molecular weight is 390 g/mol. The molecular formula is C20H26N2O6. The zero-order chi connectivity index (χ0) is 20.5. The highest BCUT2D eigenvalue weighted by Gasteiger charge is 2.35. The van der Waals surface area contributed by atoms with Crippen LogP contribution in [-0.2, 0) is 19.1 Å². The molecule has 152 valence electrons. The van der Waals surface area contributed by atoms with Gasteiger partial charge in [-0.05, 0) is 24.6 Å². The van der Waals surface area contributed by atoms with Gasteiger partial charge in [0.1, 0.15) is 6.04 Å². The molecule has 1 unspecified atom stereocenters. The van der Waals surface area contributed by atoms with Crippen molar-refractivity contribution < 1.29 is 28.7 Å². The highest BCUT2D eigenvalue weighted by Crippen LogP contribution is 2.16. The number of unbranched alkanes of at least 4 members (excludes halogenated alkanes) is 2. The first kappa shape index (κ1) is 21.4. The third-order valence-electron chi connectivity index (χ3n) is 4.49. The second kappa shape index (κ2) is 10.4. The van der Waals surface area contributed by atoms with Gasteiger partial charge in [0.05, 0.1) is 25.7 Å². The normalized spacial score (nSPS) is 16.3. The van der Waals surface area contributed by atoms with Gasteiger partial charge >= 0.3 is 11.9 Å². The molecule has 2 amide bonds. The molecule has 0 bridgehead atoms. The lowest BCUT2D eigenvalue weighted by atomic mass is 10.0. The van der Waals surface area contributed by atoms with E-state index in [1.807, 2.05) is 6.92 Å². The largest absolute Gasteiger partial charge is 0.466 e. The van der Waals surface area contributed by atoms with Crippen molar-refractivity contribution in [3.05, 3.63) is 35.4 Å². The van der Waals surface area contributed by atoms with Gasteiger partial charge in [0.15, 0.2) is 0 Å². The fraction of sp³-hybridized carbons (Fsp3) is 0.500. The van der Waals surface area contributed by atoms with Gasteiger partial charge in [0.2, 0.25) is 5.91 Å². The summed E-state index contributed by atoms with van der Waals surface area (Å²) in [6, 6.07) is 5.14. The minimum absolute atomic E-state index is 0.208. The molecule has 1 N–H and O–H groups in total. The molecule has 1 aromatic carbocycles. The van der Waals surface area contributed by atoms with Crippen LogP contribution in [0.3, 0.4) is 0 Å². The van der Waals surface area contributed by atoms with Crippen LogP contribution in [-0.4, -0.2) is 61.5 Å². The Morgan fingerprint density at radius 2 is 1.96 bits per heavy atom. The molecule has 1 fully saturated rings. The standard InChI is InChI=1S/C20H26N2O6/c1-3-4-5-11-28-17(23)13-16-18(24)21-9-10-22(16)19(25)14-7-6-8-15(12-14)20(26)27-2/h6-8,12,16H,3-5,9-11,13H2,1-2H3,(H,21,24). The molecule has 0 radical (unpaired) electrons. The molecule has 28 heavy (non-hydrogen) atoms. The van der Waals surface area contributed by atoms with Gasteiger partial charge in [-0.15, -0.1) is 0 Å². The van der Waals surface area contributed by atoms with Crippen molar-refractivity contribution in [1.82, 2.24) is 10.2 Å². The van der Waals surface area contributed by atoms with E-state index in [-0.39, 0.29) is 24.1 Å². The Bertz CT molecular complexity index is 733. The van der Waals surface area contributed by atoms with Crippen molar-refractivity contribution >= 4 is 23.8 Å². The first-order valence-electron chi connectivity index (χ1n) is 9.40. The van der Waals surface area contributed by atoms with E-state index in [2.05, 4.69) is 10.1 Å². The summed E-state index contributed by atoms with van der Waals surface area (Å²) in [5.74, 6) is -1.89. The van der Waals surface area contributed by atoms with E-state index in [1.165, 1.54) is 24.1 Å². The summed E-state index contributed by atoms with van der Waals surface area (Å²) in [5, 5.41) is 2.67. The van der Waals surface area contributed by atoms with E-state index >= 15 is 0 Å². The van der Waals surface area contributed by atoms with Crippen molar-refractivity contribution in [2.24, 2.45) is 0 Å². The maximum Gasteiger partial charge on any atom is 0.337 e. The third kappa shape index (κ3) is 5.55. The maximum absolute atomic E-state index is 12.9. The van der Waals surface area contributed by atoms with E-state index in [0.717, 1.165) is 19.3 Å². The minimum atomic E-state index is -0.943. The second-order valence-corrected chi connectivity index (χ2v) is 6.51. The number of nitrogens with zero attached hydrogens (tertiary/aromatic N) is 1. The number of hydrogen-bond donors (Lipinski definition) is 1. The predicted octanol–water partition coefficient (Wildman–Crippen LogP) is 1.54. The molecule has 1 saturated heterocycles. The molecule has 0 aromatic heterocycles. The van der Waals surface area contributed by atoms with Crippen LogP contribution in [0.2, 0.25) is 0 Å². The number of methoxy groups -OCH3 is 1. The molecule has 8 nitrogen and oxygen atoms in total. The monoisotopic (exact) mass is 390 g/mol. The molecule has 2 rings (SSSR count). The summed E-state index contributed by atoms with van der Waals surface area (Å²) < 4.78 is 9.85. The number of carbonyl (C=O) groups is 4. The number of ether oxygens (including phenoxy) is 2. The summed E-state index contributed by atoms with van der Waals surface area (Å²) in [7, 11) is 1.26. The van der Waals surface area contributed by atoms with Crippen LogP contribution >= 0.6 is 0 Å². The predicted molar refractivity (Wildman–Crippen MR) is 101 cm³/mol. The lowest BCUT2D eigenvalue weighted by molar-refractivity contribution is -0.147. The highest BCUT2D eigenvalue weighted by atomic mass is 16.5. The molecule has 1 aromatic rings. The topological polar surface area (TPSA) is 102 Å². The average Bonchev–Trinajstić information content (AvgIpc) is 2.71. The summed E-state index contributed by atoms with van der Waals surface area (Å²) >= 11 is 0. The Hall–Kier alpha value is -2.90. The zero-order valence-electron chi connectivity index (χ0n) is 16.2. The number of amides is 2. The van der Waals surface area contributed by atoms with E-state index in [4.69, 9.17) is 4.74 Å². The molecule has 1 heterocycles. The second-order valence-electron chi connectivity index (χ2n) is 6.51. The smallest absolute Gasteiger partial charge is 0.337 e. The maximum atomic E-state index is 12.9. The molecule has 1 aliphatic heterocycles. The van der Waals surface area contributed by atoms with Gasteiger partial charge in [0, 0.05) is 18.7 Å². The molecule has 0 saturated carbocycles. The Balaban J connectivity index is 2.10. The van der Waals surface area contributed by atoms with Crippen LogP contribution in [0.5, 0.6) is 0 Å². The van der Waals surface area contributed by atoms with E-state index in [1.54, 1.807) is 12.1 Å². The number of benzene rings is 1. The van der Waals surface area contributed by atoms with Crippen molar-refractivity contribution in [3.63, 3.8) is 0 Å². The summed E-state index contributed by atoms with van der Waals surface area (Å²) in [6.45, 7) is 2.91. The lowest BCUT2D eigenvalue weighted by Crippen LogP contribution is -2.57. The fourth-order valence-corrected chi connectivity index (χ4v) is 2.98. The van der Waals surface area contributed by atoms with Gasteiger partial charge in [-0.25, -0.2) is 4.79 Å². The first-order valence-corrected chi connectivity index (χ1v) is 9.40. The van der Waals surface area contributed by atoms with Crippen LogP contribution in [0.15, 0.2) is 24.3 Å². The summed E-state index contributed by atoms with van der Waals surface area (Å²) in [6.07, 6.45) is 2.52. The minimum Gasteiger partial charge on any atom is -0.466 e. The molecule has 0 spiro atoms. The molecule has 1 aliphatic rings. The first-order chi connectivity index (χ1) is 13.5. The van der Waals surface area contributed by atoms with Crippen molar-refractivity contribution in [2.45, 2.75) is 38.6 Å². The van der Waals surface area contributed by atoms with Crippen LogP contribution in [0.25, 0.3) is 0 Å². The third-order valence-corrected chi connectivity index (χ3v) is 4.49. The highest BCUT2D eigenvalue weighted by molar-refractivity contribution is 6.01. The number of piperazine rings is 1. The Kier molecular flexibility index (Phi) is 7.98. The number of carbonyl (C=O) groups excluding carboxylic acids is 4. The quantitative estimate of drug-likeness (QED) is 0.534. The van der Waals surface area contributed by atoms with Gasteiger partial charge in [0.25, 0.3) is 5.91 Å². The molecular weight excluding hydrogens is 364 g/mol.